The standard InChI is InChI=1S/C16H22N2O/c1-10(2)7-15-16-12(5-6-17-15)13-8-11(9-19)3-4-14(13)18-16/h3-4,8,10,15,17-19H,5-7,9H2,1-2H3. The normalized spacial score (nSPS) is 19.1. The van der Waals surface area contributed by atoms with Gasteiger partial charge in [0.05, 0.1) is 6.61 Å². The van der Waals surface area contributed by atoms with Gasteiger partial charge in [0.1, 0.15) is 0 Å². The Morgan fingerprint density at radius 3 is 2.95 bits per heavy atom. The first-order chi connectivity index (χ1) is 9.19. The first kappa shape index (κ1) is 12.7. The van der Waals surface area contributed by atoms with Gasteiger partial charge in [-0.1, -0.05) is 19.9 Å². The van der Waals surface area contributed by atoms with Crippen LogP contribution in [0.3, 0.4) is 0 Å². The first-order valence-corrected chi connectivity index (χ1v) is 7.16. The Morgan fingerprint density at radius 2 is 2.21 bits per heavy atom. The Balaban J connectivity index is 2.07. The van der Waals surface area contributed by atoms with Crippen LogP contribution in [0.15, 0.2) is 18.2 Å². The van der Waals surface area contributed by atoms with Crippen LogP contribution >= 0.6 is 0 Å². The molecule has 1 atom stereocenters. The molecular weight excluding hydrogens is 236 g/mol. The van der Waals surface area contributed by atoms with E-state index in [9.17, 15) is 5.11 Å². The highest BCUT2D eigenvalue weighted by Crippen LogP contribution is 2.33. The summed E-state index contributed by atoms with van der Waals surface area (Å²) in [4.78, 5) is 3.58. The number of aromatic nitrogens is 1. The van der Waals surface area contributed by atoms with Gasteiger partial charge in [-0.05, 0) is 48.6 Å². The predicted octanol–water partition coefficient (Wildman–Crippen LogP) is 2.89. The minimum absolute atomic E-state index is 0.115. The van der Waals surface area contributed by atoms with Crippen LogP contribution in [0.5, 0.6) is 0 Å². The molecule has 1 aromatic carbocycles. The van der Waals surface area contributed by atoms with Crippen molar-refractivity contribution >= 4 is 10.9 Å². The molecule has 1 aliphatic heterocycles. The van der Waals surface area contributed by atoms with E-state index in [1.165, 1.54) is 22.2 Å². The lowest BCUT2D eigenvalue weighted by atomic mass is 9.93. The van der Waals surface area contributed by atoms with Crippen LogP contribution in [-0.2, 0) is 13.0 Å². The van der Waals surface area contributed by atoms with E-state index in [-0.39, 0.29) is 6.61 Å². The van der Waals surface area contributed by atoms with Crippen LogP contribution < -0.4 is 5.32 Å². The molecule has 0 fully saturated rings. The second-order valence-electron chi connectivity index (χ2n) is 5.94. The second-order valence-corrected chi connectivity index (χ2v) is 5.94. The fraction of sp³-hybridized carbons (Fsp3) is 0.500. The van der Waals surface area contributed by atoms with Crippen molar-refractivity contribution in [3.63, 3.8) is 0 Å². The van der Waals surface area contributed by atoms with Crippen molar-refractivity contribution in [3.05, 3.63) is 35.0 Å². The Kier molecular flexibility index (Phi) is 3.33. The highest BCUT2D eigenvalue weighted by Gasteiger charge is 2.24. The molecule has 0 spiro atoms. The molecule has 0 radical (unpaired) electrons. The number of aliphatic hydroxyl groups excluding tert-OH is 1. The van der Waals surface area contributed by atoms with Crippen molar-refractivity contribution in [1.29, 1.82) is 0 Å². The highest BCUT2D eigenvalue weighted by atomic mass is 16.3. The molecule has 3 heteroatoms. The topological polar surface area (TPSA) is 48.0 Å². The van der Waals surface area contributed by atoms with Gasteiger partial charge in [0.15, 0.2) is 0 Å². The number of rotatable bonds is 3. The van der Waals surface area contributed by atoms with E-state index in [1.54, 1.807) is 0 Å². The molecule has 0 aliphatic carbocycles. The third-order valence-electron chi connectivity index (χ3n) is 4.01. The number of fused-ring (bicyclic) bond motifs is 3. The molecule has 1 aliphatic rings. The van der Waals surface area contributed by atoms with E-state index in [0.29, 0.717) is 12.0 Å². The Bertz CT molecular complexity index is 586. The van der Waals surface area contributed by atoms with Gasteiger partial charge in [0.2, 0.25) is 0 Å². The highest BCUT2D eigenvalue weighted by molar-refractivity contribution is 5.85. The number of H-pyrrole nitrogens is 1. The van der Waals surface area contributed by atoms with Crippen LogP contribution in [-0.4, -0.2) is 16.6 Å². The molecule has 0 saturated heterocycles. The summed E-state index contributed by atoms with van der Waals surface area (Å²) in [5, 5.41) is 14.2. The summed E-state index contributed by atoms with van der Waals surface area (Å²) in [6.07, 6.45) is 2.23. The van der Waals surface area contributed by atoms with E-state index >= 15 is 0 Å². The predicted molar refractivity (Wildman–Crippen MR) is 78.1 cm³/mol. The molecule has 19 heavy (non-hydrogen) atoms. The van der Waals surface area contributed by atoms with Crippen LogP contribution in [0.1, 0.15) is 43.1 Å². The summed E-state index contributed by atoms with van der Waals surface area (Å²) < 4.78 is 0. The zero-order valence-electron chi connectivity index (χ0n) is 11.7. The minimum Gasteiger partial charge on any atom is -0.392 e. The Hall–Kier alpha value is -1.32. The van der Waals surface area contributed by atoms with Crippen LogP contribution in [0.2, 0.25) is 0 Å². The summed E-state index contributed by atoms with van der Waals surface area (Å²) in [7, 11) is 0. The Morgan fingerprint density at radius 1 is 1.37 bits per heavy atom. The molecule has 0 amide bonds. The van der Waals surface area contributed by atoms with Gasteiger partial charge in [-0.25, -0.2) is 0 Å². The SMILES string of the molecule is CC(C)CC1NCCc2c1[nH]c1ccc(CO)cc21. The van der Waals surface area contributed by atoms with Crippen molar-refractivity contribution in [3.8, 4) is 0 Å². The van der Waals surface area contributed by atoms with Gasteiger partial charge in [0, 0.05) is 22.6 Å². The lowest BCUT2D eigenvalue weighted by Gasteiger charge is -2.25. The maximum Gasteiger partial charge on any atom is 0.0682 e. The summed E-state index contributed by atoms with van der Waals surface area (Å²) in [6.45, 7) is 5.69. The minimum atomic E-state index is 0.115. The molecule has 1 aromatic heterocycles. The number of hydrogen-bond acceptors (Lipinski definition) is 2. The van der Waals surface area contributed by atoms with Gasteiger partial charge in [-0.15, -0.1) is 0 Å². The quantitative estimate of drug-likeness (QED) is 0.793. The maximum absolute atomic E-state index is 9.29. The molecule has 0 saturated carbocycles. The lowest BCUT2D eigenvalue weighted by molar-refractivity contribution is 0.282. The third kappa shape index (κ3) is 2.28. The van der Waals surface area contributed by atoms with Gasteiger partial charge < -0.3 is 15.4 Å². The van der Waals surface area contributed by atoms with E-state index in [2.05, 4.69) is 36.3 Å². The van der Waals surface area contributed by atoms with Crippen molar-refractivity contribution in [2.24, 2.45) is 5.92 Å². The number of benzene rings is 1. The van der Waals surface area contributed by atoms with E-state index in [1.807, 2.05) is 6.07 Å². The van der Waals surface area contributed by atoms with Crippen molar-refractivity contribution in [2.45, 2.75) is 39.3 Å². The lowest BCUT2D eigenvalue weighted by Crippen LogP contribution is -2.30. The molecular formula is C16H22N2O. The second kappa shape index (κ2) is 4.99. The number of nitrogens with one attached hydrogen (secondary N) is 2. The summed E-state index contributed by atoms with van der Waals surface area (Å²) >= 11 is 0. The molecule has 1 unspecified atom stereocenters. The zero-order chi connectivity index (χ0) is 13.4. The molecule has 2 heterocycles. The molecule has 0 bridgehead atoms. The number of hydrogen-bond donors (Lipinski definition) is 3. The maximum atomic E-state index is 9.29. The van der Waals surface area contributed by atoms with Crippen molar-refractivity contribution < 1.29 is 5.11 Å². The van der Waals surface area contributed by atoms with Crippen LogP contribution in [0, 0.1) is 5.92 Å². The van der Waals surface area contributed by atoms with Crippen molar-refractivity contribution in [2.75, 3.05) is 6.54 Å². The largest absolute Gasteiger partial charge is 0.392 e. The monoisotopic (exact) mass is 258 g/mol. The number of aliphatic hydroxyl groups is 1. The fourth-order valence-electron chi connectivity index (χ4n) is 3.13. The first-order valence-electron chi connectivity index (χ1n) is 7.16. The van der Waals surface area contributed by atoms with E-state index in [0.717, 1.165) is 24.9 Å². The fourth-order valence-corrected chi connectivity index (χ4v) is 3.13. The third-order valence-corrected chi connectivity index (χ3v) is 4.01. The summed E-state index contributed by atoms with van der Waals surface area (Å²) in [6, 6.07) is 6.65. The molecule has 2 aromatic rings. The number of aromatic amines is 1. The van der Waals surface area contributed by atoms with E-state index in [4.69, 9.17) is 0 Å². The van der Waals surface area contributed by atoms with Gasteiger partial charge in [-0.3, -0.25) is 0 Å². The summed E-state index contributed by atoms with van der Waals surface area (Å²) in [5.74, 6) is 0.683. The molecule has 102 valence electrons. The van der Waals surface area contributed by atoms with Crippen LogP contribution in [0.4, 0.5) is 0 Å². The van der Waals surface area contributed by atoms with Gasteiger partial charge in [0.25, 0.3) is 0 Å². The average molecular weight is 258 g/mol. The molecule has 3 N–H and O–H groups in total. The average Bonchev–Trinajstić information content (AvgIpc) is 2.77. The van der Waals surface area contributed by atoms with Crippen molar-refractivity contribution in [1.82, 2.24) is 10.3 Å². The summed E-state index contributed by atoms with van der Waals surface area (Å²) in [5.41, 5.74) is 4.98. The molecule has 3 rings (SSSR count). The van der Waals surface area contributed by atoms with Gasteiger partial charge in [-0.2, -0.15) is 0 Å². The van der Waals surface area contributed by atoms with E-state index < -0.39 is 0 Å². The molecule has 3 nitrogen and oxygen atoms in total. The zero-order valence-corrected chi connectivity index (χ0v) is 11.7. The van der Waals surface area contributed by atoms with Crippen LogP contribution in [0.25, 0.3) is 10.9 Å². The van der Waals surface area contributed by atoms with Gasteiger partial charge >= 0.3 is 0 Å². The smallest absolute Gasteiger partial charge is 0.0682 e. The Labute approximate surface area is 114 Å².